The molecule has 1 fully saturated rings. The Hall–Kier alpha value is -0.910. The second kappa shape index (κ2) is 6.31. The summed E-state index contributed by atoms with van der Waals surface area (Å²) in [6.45, 7) is 7.07. The predicted molar refractivity (Wildman–Crippen MR) is 71.0 cm³/mol. The van der Waals surface area contributed by atoms with Crippen LogP contribution in [0.1, 0.15) is 31.2 Å². The monoisotopic (exact) mass is 252 g/mol. The predicted octanol–water partition coefficient (Wildman–Crippen LogP) is 1.05. The van der Waals surface area contributed by atoms with Gasteiger partial charge in [-0.1, -0.05) is 12.1 Å². The van der Waals surface area contributed by atoms with Crippen molar-refractivity contribution in [1.29, 1.82) is 0 Å². The Morgan fingerprint density at radius 2 is 2.22 bits per heavy atom. The van der Waals surface area contributed by atoms with E-state index in [1.807, 2.05) is 6.07 Å². The van der Waals surface area contributed by atoms with Crippen LogP contribution in [0.25, 0.3) is 0 Å². The van der Waals surface area contributed by atoms with Gasteiger partial charge < -0.3 is 15.2 Å². The highest BCUT2D eigenvalue weighted by molar-refractivity contribution is 5.04. The highest BCUT2D eigenvalue weighted by Crippen LogP contribution is 2.17. The average molecular weight is 252 g/mol. The van der Waals surface area contributed by atoms with Crippen molar-refractivity contribution in [1.82, 2.24) is 15.0 Å². The molecule has 1 aromatic heterocycles. The summed E-state index contributed by atoms with van der Waals surface area (Å²) >= 11 is 0. The Kier molecular flexibility index (Phi) is 4.74. The summed E-state index contributed by atoms with van der Waals surface area (Å²) in [4.78, 5) is 4.87. The van der Waals surface area contributed by atoms with E-state index in [4.69, 9.17) is 10.3 Å². The highest BCUT2D eigenvalue weighted by Gasteiger charge is 2.22. The fraction of sp³-hybridized carbons (Fsp3) is 0.769. The van der Waals surface area contributed by atoms with Gasteiger partial charge in [-0.05, 0) is 39.5 Å². The third kappa shape index (κ3) is 3.31. The van der Waals surface area contributed by atoms with Gasteiger partial charge in [0.1, 0.15) is 0 Å². The molecule has 1 saturated heterocycles. The smallest absolute Gasteiger partial charge is 0.151 e. The van der Waals surface area contributed by atoms with Crippen molar-refractivity contribution >= 4 is 0 Å². The Labute approximate surface area is 109 Å². The molecule has 1 aromatic rings. The van der Waals surface area contributed by atoms with Crippen LogP contribution in [0.5, 0.6) is 0 Å². The fourth-order valence-corrected chi connectivity index (χ4v) is 2.58. The number of rotatable bonds is 5. The summed E-state index contributed by atoms with van der Waals surface area (Å²) in [7, 11) is 2.16. The van der Waals surface area contributed by atoms with Gasteiger partial charge in [-0.25, -0.2) is 0 Å². The van der Waals surface area contributed by atoms with E-state index in [-0.39, 0.29) is 0 Å². The molecule has 5 heteroatoms. The van der Waals surface area contributed by atoms with Crippen LogP contribution in [-0.4, -0.2) is 47.7 Å². The van der Waals surface area contributed by atoms with Gasteiger partial charge in [0.25, 0.3) is 0 Å². The van der Waals surface area contributed by atoms with Crippen LogP contribution in [0.2, 0.25) is 0 Å². The van der Waals surface area contributed by atoms with Gasteiger partial charge in [0.15, 0.2) is 5.76 Å². The molecule has 0 atom stereocenters. The number of hydrogen-bond donors (Lipinski definition) is 1. The molecule has 2 heterocycles. The Morgan fingerprint density at radius 1 is 1.50 bits per heavy atom. The van der Waals surface area contributed by atoms with Gasteiger partial charge in [0.05, 0.1) is 12.2 Å². The number of hydrogen-bond acceptors (Lipinski definition) is 5. The number of aromatic nitrogens is 1. The van der Waals surface area contributed by atoms with Crippen molar-refractivity contribution in [3.63, 3.8) is 0 Å². The molecular formula is C13H24N4O. The van der Waals surface area contributed by atoms with Crippen LogP contribution in [-0.2, 0) is 13.1 Å². The van der Waals surface area contributed by atoms with Crippen molar-refractivity contribution in [2.24, 2.45) is 5.73 Å². The number of likely N-dealkylation sites (tertiary alicyclic amines) is 1. The number of piperidine rings is 1. The van der Waals surface area contributed by atoms with E-state index in [1.54, 1.807) is 0 Å². The maximum atomic E-state index is 5.53. The first-order valence-corrected chi connectivity index (χ1v) is 6.80. The molecule has 5 nitrogen and oxygen atoms in total. The van der Waals surface area contributed by atoms with Crippen LogP contribution in [0.3, 0.4) is 0 Å². The van der Waals surface area contributed by atoms with Crippen molar-refractivity contribution in [3.05, 3.63) is 17.5 Å². The van der Waals surface area contributed by atoms with Crippen molar-refractivity contribution in [2.45, 2.75) is 38.9 Å². The molecule has 0 amide bonds. The van der Waals surface area contributed by atoms with Crippen molar-refractivity contribution < 1.29 is 4.52 Å². The molecule has 0 bridgehead atoms. The lowest BCUT2D eigenvalue weighted by Crippen LogP contribution is -2.42. The Bertz CT molecular complexity index is 358. The van der Waals surface area contributed by atoms with Gasteiger partial charge in [0.2, 0.25) is 0 Å². The summed E-state index contributed by atoms with van der Waals surface area (Å²) in [6, 6.07) is 2.61. The maximum Gasteiger partial charge on any atom is 0.151 e. The topological polar surface area (TPSA) is 58.5 Å². The minimum absolute atomic E-state index is 0.447. The molecule has 18 heavy (non-hydrogen) atoms. The first-order valence-electron chi connectivity index (χ1n) is 6.80. The van der Waals surface area contributed by atoms with Gasteiger partial charge in [-0.15, -0.1) is 0 Å². The molecule has 2 rings (SSSR count). The van der Waals surface area contributed by atoms with E-state index in [9.17, 15) is 0 Å². The van der Waals surface area contributed by atoms with E-state index in [2.05, 4.69) is 28.9 Å². The lowest BCUT2D eigenvalue weighted by atomic mass is 10.0. The highest BCUT2D eigenvalue weighted by atomic mass is 16.5. The van der Waals surface area contributed by atoms with Crippen LogP contribution in [0, 0.1) is 0 Å². The summed E-state index contributed by atoms with van der Waals surface area (Å²) in [6.07, 6.45) is 2.48. The summed E-state index contributed by atoms with van der Waals surface area (Å²) in [5.41, 5.74) is 6.36. The molecule has 1 aliphatic rings. The molecule has 0 unspecified atom stereocenters. The standard InChI is InChI=1S/C13H24N4O/c1-3-17-6-4-12(5-7-17)16(2)10-13-8-11(9-14)15-18-13/h8,12H,3-7,9-10,14H2,1-2H3. The number of nitrogens with two attached hydrogens (primary N) is 1. The molecule has 0 aromatic carbocycles. The molecular weight excluding hydrogens is 228 g/mol. The van der Waals surface area contributed by atoms with Crippen LogP contribution in [0.15, 0.2) is 10.6 Å². The second-order valence-electron chi connectivity index (χ2n) is 5.07. The molecule has 0 spiro atoms. The average Bonchev–Trinajstić information content (AvgIpc) is 2.86. The van der Waals surface area contributed by atoms with Crippen molar-refractivity contribution in [2.75, 3.05) is 26.7 Å². The third-order valence-electron chi connectivity index (χ3n) is 3.85. The van der Waals surface area contributed by atoms with Gasteiger partial charge in [-0.2, -0.15) is 0 Å². The zero-order valence-corrected chi connectivity index (χ0v) is 11.4. The maximum absolute atomic E-state index is 5.53. The second-order valence-corrected chi connectivity index (χ2v) is 5.07. The van der Waals surface area contributed by atoms with Crippen LogP contribution < -0.4 is 5.73 Å². The zero-order chi connectivity index (χ0) is 13.0. The number of nitrogens with zero attached hydrogens (tertiary/aromatic N) is 3. The third-order valence-corrected chi connectivity index (χ3v) is 3.85. The Balaban J connectivity index is 1.82. The first kappa shape index (κ1) is 13.5. The van der Waals surface area contributed by atoms with Gasteiger partial charge in [-0.3, -0.25) is 4.90 Å². The van der Waals surface area contributed by atoms with Crippen molar-refractivity contribution in [3.8, 4) is 0 Å². The largest absolute Gasteiger partial charge is 0.360 e. The van der Waals surface area contributed by atoms with Crippen LogP contribution in [0.4, 0.5) is 0 Å². The minimum atomic E-state index is 0.447. The van der Waals surface area contributed by atoms with E-state index >= 15 is 0 Å². The first-order chi connectivity index (χ1) is 8.72. The van der Waals surface area contributed by atoms with E-state index in [0.717, 1.165) is 18.0 Å². The van der Waals surface area contributed by atoms with Crippen LogP contribution >= 0.6 is 0 Å². The molecule has 1 aliphatic heterocycles. The Morgan fingerprint density at radius 3 is 2.78 bits per heavy atom. The quantitative estimate of drug-likeness (QED) is 0.849. The van der Waals surface area contributed by atoms with E-state index in [0.29, 0.717) is 12.6 Å². The molecule has 0 saturated carbocycles. The SMILES string of the molecule is CCN1CCC(N(C)Cc2cc(CN)no2)CC1. The lowest BCUT2D eigenvalue weighted by Gasteiger charge is -2.35. The van der Waals surface area contributed by atoms with Gasteiger partial charge >= 0.3 is 0 Å². The normalized spacial score (nSPS) is 18.7. The summed E-state index contributed by atoms with van der Waals surface area (Å²) < 4.78 is 5.28. The van der Waals surface area contributed by atoms with Gasteiger partial charge in [0, 0.05) is 18.7 Å². The molecule has 102 valence electrons. The minimum Gasteiger partial charge on any atom is -0.360 e. The summed E-state index contributed by atoms with van der Waals surface area (Å²) in [5, 5.41) is 3.92. The van der Waals surface area contributed by atoms with E-state index < -0.39 is 0 Å². The molecule has 2 N–H and O–H groups in total. The molecule has 0 aliphatic carbocycles. The van der Waals surface area contributed by atoms with E-state index in [1.165, 1.54) is 32.5 Å². The lowest BCUT2D eigenvalue weighted by molar-refractivity contribution is 0.119. The zero-order valence-electron chi connectivity index (χ0n) is 11.4. The fourth-order valence-electron chi connectivity index (χ4n) is 2.58. The molecule has 0 radical (unpaired) electrons. The summed E-state index contributed by atoms with van der Waals surface area (Å²) in [5.74, 6) is 0.913.